The summed E-state index contributed by atoms with van der Waals surface area (Å²) in [6.07, 6.45) is 2.76. The summed E-state index contributed by atoms with van der Waals surface area (Å²) in [6.45, 7) is 0. The molecule has 0 bridgehead atoms. The van der Waals surface area contributed by atoms with E-state index in [4.69, 9.17) is 11.5 Å². The minimum atomic E-state index is 0.317. The van der Waals surface area contributed by atoms with Gasteiger partial charge in [0.2, 0.25) is 0 Å². The van der Waals surface area contributed by atoms with Crippen LogP contribution in [0.15, 0.2) is 12.3 Å². The fourth-order valence-corrected chi connectivity index (χ4v) is 0.173. The molecule has 0 aromatic rings. The van der Waals surface area contributed by atoms with Gasteiger partial charge in [0.05, 0.1) is 4.99 Å². The second kappa shape index (κ2) is 2.66. The van der Waals surface area contributed by atoms with Gasteiger partial charge in [0, 0.05) is 0 Å². The second-order valence-electron chi connectivity index (χ2n) is 0.761. The quantitative estimate of drug-likeness (QED) is 0.354. The summed E-state index contributed by atoms with van der Waals surface area (Å²) in [5, 5.41) is 0. The highest BCUT2D eigenvalue weighted by molar-refractivity contribution is 7.80. The molecule has 0 amide bonds. The van der Waals surface area contributed by atoms with E-state index in [9.17, 15) is 0 Å². The molecule has 0 fully saturated rings. The van der Waals surface area contributed by atoms with Gasteiger partial charge in [-0.15, -0.1) is 0 Å². The lowest BCUT2D eigenvalue weighted by atomic mass is 10.6. The summed E-state index contributed by atoms with van der Waals surface area (Å²) >= 11 is 4.41. The van der Waals surface area contributed by atoms with Crippen LogP contribution < -0.4 is 11.5 Å². The first-order valence-corrected chi connectivity index (χ1v) is 1.86. The Bertz CT molecular complexity index is 76.9. The topological polar surface area (TPSA) is 52.0 Å². The molecule has 34 valence electrons. The fourth-order valence-electron chi connectivity index (χ4n) is 0.0948. The van der Waals surface area contributed by atoms with Crippen molar-refractivity contribution < 1.29 is 0 Å². The second-order valence-corrected chi connectivity index (χ2v) is 1.23. The molecule has 3 heteroatoms. The van der Waals surface area contributed by atoms with Gasteiger partial charge in [-0.05, 0) is 12.3 Å². The van der Waals surface area contributed by atoms with Crippen LogP contribution in [-0.2, 0) is 0 Å². The van der Waals surface area contributed by atoms with E-state index in [0.29, 0.717) is 4.99 Å². The maximum absolute atomic E-state index is 4.97. The van der Waals surface area contributed by atoms with Gasteiger partial charge in [-0.25, -0.2) is 0 Å². The lowest BCUT2D eigenvalue weighted by Crippen LogP contribution is -2.03. The normalized spacial score (nSPS) is 9.33. The van der Waals surface area contributed by atoms with Crippen LogP contribution in [0, 0.1) is 0 Å². The summed E-state index contributed by atoms with van der Waals surface area (Å²) in [7, 11) is 0. The highest BCUT2D eigenvalue weighted by atomic mass is 32.1. The van der Waals surface area contributed by atoms with Crippen molar-refractivity contribution in [1.82, 2.24) is 0 Å². The molecular weight excluding hydrogens is 96.1 g/mol. The molecule has 0 aromatic carbocycles. The molecule has 0 aliphatic heterocycles. The Morgan fingerprint density at radius 2 is 2.17 bits per heavy atom. The minimum absolute atomic E-state index is 0.317. The van der Waals surface area contributed by atoms with E-state index in [1.165, 1.54) is 12.3 Å². The Balaban J connectivity index is 3.30. The van der Waals surface area contributed by atoms with Gasteiger partial charge in [-0.1, -0.05) is 12.2 Å². The van der Waals surface area contributed by atoms with Crippen molar-refractivity contribution in [3.63, 3.8) is 0 Å². The third kappa shape index (κ3) is 3.43. The Morgan fingerprint density at radius 3 is 2.17 bits per heavy atom. The zero-order valence-electron chi connectivity index (χ0n) is 3.22. The molecular formula is C3H6N2S. The lowest BCUT2D eigenvalue weighted by Gasteiger charge is -1.75. The van der Waals surface area contributed by atoms with Gasteiger partial charge >= 0.3 is 0 Å². The summed E-state index contributed by atoms with van der Waals surface area (Å²) in [5.74, 6) is 0. The Hall–Kier alpha value is -0.570. The third-order valence-electron chi connectivity index (χ3n) is 0.260. The molecule has 0 spiro atoms. The molecule has 0 rings (SSSR count). The van der Waals surface area contributed by atoms with Crippen LogP contribution in [0.3, 0.4) is 0 Å². The van der Waals surface area contributed by atoms with Crippen LogP contribution in [0.1, 0.15) is 0 Å². The van der Waals surface area contributed by atoms with E-state index in [1.807, 2.05) is 0 Å². The molecule has 6 heavy (non-hydrogen) atoms. The maximum atomic E-state index is 4.97. The molecule has 2 nitrogen and oxygen atoms in total. The SMILES string of the molecule is N/C=C\C(N)=S. The van der Waals surface area contributed by atoms with Crippen LogP contribution in [0.4, 0.5) is 0 Å². The van der Waals surface area contributed by atoms with Crippen molar-refractivity contribution in [2.24, 2.45) is 11.5 Å². The molecule has 0 aromatic heterocycles. The monoisotopic (exact) mass is 102 g/mol. The van der Waals surface area contributed by atoms with Gasteiger partial charge < -0.3 is 11.5 Å². The Morgan fingerprint density at radius 1 is 1.67 bits per heavy atom. The summed E-state index contributed by atoms with van der Waals surface area (Å²) in [6, 6.07) is 0. The van der Waals surface area contributed by atoms with E-state index in [-0.39, 0.29) is 0 Å². The van der Waals surface area contributed by atoms with Crippen molar-refractivity contribution in [1.29, 1.82) is 0 Å². The molecule has 0 saturated heterocycles. The van der Waals surface area contributed by atoms with Gasteiger partial charge in [0.15, 0.2) is 0 Å². The predicted octanol–water partition coefficient (Wildman–Crippen LogP) is -0.255. The molecule has 0 aliphatic carbocycles. The highest BCUT2D eigenvalue weighted by Gasteiger charge is 1.67. The zero-order valence-corrected chi connectivity index (χ0v) is 4.03. The molecule has 0 heterocycles. The first kappa shape index (κ1) is 5.43. The van der Waals surface area contributed by atoms with Crippen LogP contribution in [0.25, 0.3) is 0 Å². The van der Waals surface area contributed by atoms with Gasteiger partial charge in [0.25, 0.3) is 0 Å². The Kier molecular flexibility index (Phi) is 2.40. The molecule has 0 atom stereocenters. The van der Waals surface area contributed by atoms with E-state index >= 15 is 0 Å². The fraction of sp³-hybridized carbons (Fsp3) is 0. The predicted molar refractivity (Wildman–Crippen MR) is 30.1 cm³/mol. The number of hydrogen-bond donors (Lipinski definition) is 2. The van der Waals surface area contributed by atoms with Crippen LogP contribution in [0.5, 0.6) is 0 Å². The average Bonchev–Trinajstić information content (AvgIpc) is 1.35. The van der Waals surface area contributed by atoms with Crippen molar-refractivity contribution >= 4 is 17.2 Å². The number of hydrogen-bond acceptors (Lipinski definition) is 2. The molecule has 0 unspecified atom stereocenters. The van der Waals surface area contributed by atoms with Crippen LogP contribution in [0.2, 0.25) is 0 Å². The van der Waals surface area contributed by atoms with Crippen molar-refractivity contribution in [2.45, 2.75) is 0 Å². The molecule has 0 radical (unpaired) electrons. The number of rotatable bonds is 1. The first-order valence-electron chi connectivity index (χ1n) is 1.45. The van der Waals surface area contributed by atoms with Crippen LogP contribution >= 0.6 is 12.2 Å². The minimum Gasteiger partial charge on any atom is -0.405 e. The highest BCUT2D eigenvalue weighted by Crippen LogP contribution is 1.62. The van der Waals surface area contributed by atoms with E-state index in [2.05, 4.69) is 12.2 Å². The van der Waals surface area contributed by atoms with Gasteiger partial charge in [-0.3, -0.25) is 0 Å². The number of thiocarbonyl (C=S) groups is 1. The first-order chi connectivity index (χ1) is 2.77. The van der Waals surface area contributed by atoms with Crippen LogP contribution in [-0.4, -0.2) is 4.99 Å². The van der Waals surface area contributed by atoms with Gasteiger partial charge in [-0.2, -0.15) is 0 Å². The third-order valence-corrected chi connectivity index (χ3v) is 0.397. The van der Waals surface area contributed by atoms with Crippen molar-refractivity contribution in [3.8, 4) is 0 Å². The summed E-state index contributed by atoms with van der Waals surface area (Å²) < 4.78 is 0. The maximum Gasteiger partial charge on any atom is 0.0976 e. The largest absolute Gasteiger partial charge is 0.405 e. The average molecular weight is 102 g/mol. The molecule has 0 saturated carbocycles. The van der Waals surface area contributed by atoms with Gasteiger partial charge in [0.1, 0.15) is 0 Å². The molecule has 0 aliphatic rings. The van der Waals surface area contributed by atoms with E-state index < -0.39 is 0 Å². The summed E-state index contributed by atoms with van der Waals surface area (Å²) in [4.78, 5) is 0.317. The van der Waals surface area contributed by atoms with Crippen molar-refractivity contribution in [3.05, 3.63) is 12.3 Å². The summed E-state index contributed by atoms with van der Waals surface area (Å²) in [5.41, 5.74) is 9.85. The Labute approximate surface area is 41.8 Å². The zero-order chi connectivity index (χ0) is 4.99. The number of nitrogens with two attached hydrogens (primary N) is 2. The lowest BCUT2D eigenvalue weighted by molar-refractivity contribution is 1.61. The van der Waals surface area contributed by atoms with E-state index in [1.54, 1.807) is 0 Å². The van der Waals surface area contributed by atoms with E-state index in [0.717, 1.165) is 0 Å². The molecule has 4 N–H and O–H groups in total. The standard InChI is InChI=1S/C3H6N2S/c4-2-1-3(5)6/h1-2H,4H2,(H2,5,6)/b2-1-. The smallest absolute Gasteiger partial charge is 0.0976 e. The van der Waals surface area contributed by atoms with Crippen molar-refractivity contribution in [2.75, 3.05) is 0 Å².